The number of nitrogens with one attached hydrogen (secondary N) is 1. The molecule has 0 saturated heterocycles. The summed E-state index contributed by atoms with van der Waals surface area (Å²) in [6, 6.07) is 7.88. The SMILES string of the molecule is COCC(C)Nc1cccc(S(C)=O)c1. The van der Waals surface area contributed by atoms with Gasteiger partial charge in [0.1, 0.15) is 0 Å². The standard InChI is InChI=1S/C11H17NO2S/c1-9(8-14-2)12-10-5-4-6-11(7-10)15(3)13/h4-7,9,12H,8H2,1-3H3. The van der Waals surface area contributed by atoms with E-state index in [0.29, 0.717) is 6.61 Å². The van der Waals surface area contributed by atoms with Crippen molar-refractivity contribution in [3.63, 3.8) is 0 Å². The molecule has 15 heavy (non-hydrogen) atoms. The summed E-state index contributed by atoms with van der Waals surface area (Å²) in [5.74, 6) is 0. The van der Waals surface area contributed by atoms with E-state index in [-0.39, 0.29) is 6.04 Å². The summed E-state index contributed by atoms with van der Waals surface area (Å²) >= 11 is 0. The second-order valence-corrected chi connectivity index (χ2v) is 4.86. The van der Waals surface area contributed by atoms with E-state index in [2.05, 4.69) is 5.32 Å². The van der Waals surface area contributed by atoms with Gasteiger partial charge in [0.05, 0.1) is 6.61 Å². The maximum absolute atomic E-state index is 11.3. The van der Waals surface area contributed by atoms with Gasteiger partial charge >= 0.3 is 0 Å². The third-order valence-corrected chi connectivity index (χ3v) is 2.91. The first kappa shape index (κ1) is 12.2. The quantitative estimate of drug-likeness (QED) is 0.834. The molecule has 0 radical (unpaired) electrons. The molecule has 2 atom stereocenters. The number of benzene rings is 1. The van der Waals surface area contributed by atoms with Gasteiger partial charge in [0.15, 0.2) is 0 Å². The molecule has 0 aromatic heterocycles. The summed E-state index contributed by atoms with van der Waals surface area (Å²) in [4.78, 5) is 0.838. The molecule has 0 aliphatic carbocycles. The molecule has 0 aliphatic rings. The Balaban J connectivity index is 2.69. The van der Waals surface area contributed by atoms with Crippen LogP contribution in [0.5, 0.6) is 0 Å². The molecule has 0 spiro atoms. The van der Waals surface area contributed by atoms with E-state index in [1.165, 1.54) is 0 Å². The minimum atomic E-state index is -0.929. The van der Waals surface area contributed by atoms with Crippen LogP contribution in [0.25, 0.3) is 0 Å². The lowest BCUT2D eigenvalue weighted by molar-refractivity contribution is 0.190. The highest BCUT2D eigenvalue weighted by Gasteiger charge is 2.03. The Morgan fingerprint density at radius 2 is 2.27 bits per heavy atom. The molecule has 0 aliphatic heterocycles. The van der Waals surface area contributed by atoms with E-state index in [4.69, 9.17) is 4.74 Å². The van der Waals surface area contributed by atoms with Crippen molar-refractivity contribution in [2.45, 2.75) is 17.9 Å². The lowest BCUT2D eigenvalue weighted by Gasteiger charge is -2.14. The molecule has 3 nitrogen and oxygen atoms in total. The van der Waals surface area contributed by atoms with Crippen LogP contribution in [0.3, 0.4) is 0 Å². The average Bonchev–Trinajstić information content (AvgIpc) is 2.18. The lowest BCUT2D eigenvalue weighted by atomic mass is 10.3. The second-order valence-electron chi connectivity index (χ2n) is 3.48. The van der Waals surface area contributed by atoms with Gasteiger partial charge in [-0.15, -0.1) is 0 Å². The van der Waals surface area contributed by atoms with Gasteiger partial charge in [-0.3, -0.25) is 4.21 Å². The third-order valence-electron chi connectivity index (χ3n) is 2.00. The molecule has 0 bridgehead atoms. The Hall–Kier alpha value is -0.870. The summed E-state index contributed by atoms with van der Waals surface area (Å²) in [6.45, 7) is 2.69. The first-order valence-corrected chi connectivity index (χ1v) is 6.38. The molecule has 0 fully saturated rings. The Kier molecular flexibility index (Phi) is 4.78. The Morgan fingerprint density at radius 3 is 2.87 bits per heavy atom. The third kappa shape index (κ3) is 4.01. The van der Waals surface area contributed by atoms with Crippen LogP contribution in [-0.2, 0) is 15.5 Å². The van der Waals surface area contributed by atoms with Crippen molar-refractivity contribution < 1.29 is 8.95 Å². The molecule has 0 heterocycles. The van der Waals surface area contributed by atoms with E-state index < -0.39 is 10.8 Å². The maximum Gasteiger partial charge on any atom is 0.0661 e. The molecular formula is C11H17NO2S. The van der Waals surface area contributed by atoms with Gasteiger partial charge < -0.3 is 10.1 Å². The highest BCUT2D eigenvalue weighted by atomic mass is 32.2. The average molecular weight is 227 g/mol. The fourth-order valence-electron chi connectivity index (χ4n) is 1.34. The molecule has 1 aromatic carbocycles. The number of rotatable bonds is 5. The summed E-state index contributed by atoms with van der Waals surface area (Å²) in [5.41, 5.74) is 0.979. The Morgan fingerprint density at radius 1 is 1.53 bits per heavy atom. The molecule has 0 saturated carbocycles. The molecule has 1 rings (SSSR count). The number of anilines is 1. The number of methoxy groups -OCH3 is 1. The number of hydrogen-bond donors (Lipinski definition) is 1. The molecule has 1 N–H and O–H groups in total. The van der Waals surface area contributed by atoms with Crippen LogP contribution in [0.4, 0.5) is 5.69 Å². The fraction of sp³-hybridized carbons (Fsp3) is 0.455. The van der Waals surface area contributed by atoms with Gasteiger partial charge in [0, 0.05) is 40.8 Å². The van der Waals surface area contributed by atoms with Gasteiger partial charge in [-0.25, -0.2) is 0 Å². The summed E-state index contributed by atoms with van der Waals surface area (Å²) in [7, 11) is 0.747. The van der Waals surface area contributed by atoms with Crippen molar-refractivity contribution in [3.05, 3.63) is 24.3 Å². The lowest BCUT2D eigenvalue weighted by Crippen LogP contribution is -2.20. The van der Waals surface area contributed by atoms with Gasteiger partial charge in [0.25, 0.3) is 0 Å². The monoisotopic (exact) mass is 227 g/mol. The van der Waals surface area contributed by atoms with Crippen molar-refractivity contribution in [3.8, 4) is 0 Å². The van der Waals surface area contributed by atoms with Gasteiger partial charge in [-0.1, -0.05) is 6.07 Å². The van der Waals surface area contributed by atoms with Crippen LogP contribution in [0.2, 0.25) is 0 Å². The summed E-state index contributed by atoms with van der Waals surface area (Å²) in [6.07, 6.45) is 1.68. The van der Waals surface area contributed by atoms with Gasteiger partial charge in [-0.2, -0.15) is 0 Å². The molecule has 0 amide bonds. The topological polar surface area (TPSA) is 38.3 Å². The van der Waals surface area contributed by atoms with Crippen molar-refractivity contribution in [2.75, 3.05) is 25.3 Å². The second kappa shape index (κ2) is 5.88. The van der Waals surface area contributed by atoms with Crippen LogP contribution in [-0.4, -0.2) is 30.2 Å². The van der Waals surface area contributed by atoms with Crippen LogP contribution in [0, 0.1) is 0 Å². The number of hydrogen-bond acceptors (Lipinski definition) is 3. The molecule has 1 aromatic rings. The highest BCUT2D eigenvalue weighted by Crippen LogP contribution is 2.14. The minimum absolute atomic E-state index is 0.246. The molecule has 2 unspecified atom stereocenters. The minimum Gasteiger partial charge on any atom is -0.383 e. The Labute approximate surface area is 93.3 Å². The Bertz CT molecular complexity index is 341. The summed E-state index contributed by atoms with van der Waals surface area (Å²) < 4.78 is 16.3. The number of ether oxygens (including phenoxy) is 1. The van der Waals surface area contributed by atoms with E-state index in [9.17, 15) is 4.21 Å². The normalized spacial score (nSPS) is 14.6. The van der Waals surface area contributed by atoms with Crippen molar-refractivity contribution in [2.24, 2.45) is 0 Å². The van der Waals surface area contributed by atoms with Crippen molar-refractivity contribution >= 4 is 16.5 Å². The molecule has 84 valence electrons. The first-order valence-electron chi connectivity index (χ1n) is 4.82. The van der Waals surface area contributed by atoms with E-state index in [1.54, 1.807) is 13.4 Å². The maximum atomic E-state index is 11.3. The first-order chi connectivity index (χ1) is 7.13. The highest BCUT2D eigenvalue weighted by molar-refractivity contribution is 7.84. The van der Waals surface area contributed by atoms with Crippen LogP contribution < -0.4 is 5.32 Å². The zero-order chi connectivity index (χ0) is 11.3. The van der Waals surface area contributed by atoms with Crippen molar-refractivity contribution in [1.29, 1.82) is 0 Å². The molecule has 4 heteroatoms. The van der Waals surface area contributed by atoms with E-state index >= 15 is 0 Å². The largest absolute Gasteiger partial charge is 0.383 e. The van der Waals surface area contributed by atoms with Crippen LogP contribution in [0.15, 0.2) is 29.2 Å². The fourth-order valence-corrected chi connectivity index (χ4v) is 1.90. The van der Waals surface area contributed by atoms with Gasteiger partial charge in [0.2, 0.25) is 0 Å². The summed E-state index contributed by atoms with van der Waals surface area (Å²) in [5, 5.41) is 3.28. The van der Waals surface area contributed by atoms with E-state index in [0.717, 1.165) is 10.6 Å². The van der Waals surface area contributed by atoms with Crippen molar-refractivity contribution in [1.82, 2.24) is 0 Å². The van der Waals surface area contributed by atoms with Gasteiger partial charge in [-0.05, 0) is 25.1 Å². The van der Waals surface area contributed by atoms with E-state index in [1.807, 2.05) is 31.2 Å². The smallest absolute Gasteiger partial charge is 0.0661 e. The van der Waals surface area contributed by atoms with Crippen LogP contribution in [0.1, 0.15) is 6.92 Å². The zero-order valence-corrected chi connectivity index (χ0v) is 10.1. The predicted molar refractivity (Wildman–Crippen MR) is 63.7 cm³/mol. The molecular weight excluding hydrogens is 210 g/mol. The zero-order valence-electron chi connectivity index (χ0n) is 9.32. The predicted octanol–water partition coefficient (Wildman–Crippen LogP) is 1.87. The van der Waals surface area contributed by atoms with Crippen LogP contribution >= 0.6 is 0 Å².